The normalized spacial score (nSPS) is 10.6. The van der Waals surface area contributed by atoms with Gasteiger partial charge in [-0.05, 0) is 31.2 Å². The molecule has 0 aliphatic heterocycles. The summed E-state index contributed by atoms with van der Waals surface area (Å²) in [5.41, 5.74) is 1.64. The molecule has 0 spiro atoms. The second-order valence-corrected chi connectivity index (χ2v) is 5.72. The molecule has 21 heavy (non-hydrogen) atoms. The quantitative estimate of drug-likeness (QED) is 0.732. The lowest BCUT2D eigenvalue weighted by atomic mass is 10.2. The Hall–Kier alpha value is -1.39. The van der Waals surface area contributed by atoms with Crippen molar-refractivity contribution in [2.45, 2.75) is 26.5 Å². The molecule has 0 amide bonds. The number of halogens is 2. The summed E-state index contributed by atoms with van der Waals surface area (Å²) in [6, 6.07) is 12.9. The summed E-state index contributed by atoms with van der Waals surface area (Å²) >= 11 is 3.25. The maximum atomic E-state index is 13.8. The Morgan fingerprint density at radius 2 is 1.95 bits per heavy atom. The van der Waals surface area contributed by atoms with Gasteiger partial charge in [0.2, 0.25) is 0 Å². The molecular formula is C17H19BrFNO. The second-order valence-electron chi connectivity index (χ2n) is 4.81. The molecule has 0 saturated carbocycles. The van der Waals surface area contributed by atoms with Crippen LogP contribution in [-0.2, 0) is 13.2 Å². The van der Waals surface area contributed by atoms with Crippen molar-refractivity contribution in [3.05, 3.63) is 63.9 Å². The predicted octanol–water partition coefficient (Wildman–Crippen LogP) is 4.67. The van der Waals surface area contributed by atoms with E-state index < -0.39 is 0 Å². The number of rotatable bonds is 7. The number of hydrogen-bond donors (Lipinski definition) is 1. The van der Waals surface area contributed by atoms with Crippen LogP contribution in [0.25, 0.3) is 0 Å². The fourth-order valence-electron chi connectivity index (χ4n) is 1.98. The molecule has 0 atom stereocenters. The van der Waals surface area contributed by atoms with Gasteiger partial charge in [-0.3, -0.25) is 0 Å². The van der Waals surface area contributed by atoms with Crippen LogP contribution in [0.4, 0.5) is 4.39 Å². The van der Waals surface area contributed by atoms with Gasteiger partial charge in [0.1, 0.15) is 18.2 Å². The Labute approximate surface area is 133 Å². The van der Waals surface area contributed by atoms with Crippen LogP contribution in [0.5, 0.6) is 5.75 Å². The molecule has 0 radical (unpaired) electrons. The Morgan fingerprint density at radius 1 is 1.14 bits per heavy atom. The maximum absolute atomic E-state index is 13.8. The van der Waals surface area contributed by atoms with Crippen LogP contribution < -0.4 is 10.1 Å². The molecular weight excluding hydrogens is 333 g/mol. The topological polar surface area (TPSA) is 21.3 Å². The average molecular weight is 352 g/mol. The van der Waals surface area contributed by atoms with Crippen molar-refractivity contribution in [2.24, 2.45) is 0 Å². The van der Waals surface area contributed by atoms with Crippen molar-refractivity contribution in [3.63, 3.8) is 0 Å². The molecule has 0 fully saturated rings. The zero-order chi connectivity index (χ0) is 15.1. The molecule has 0 bridgehead atoms. The maximum Gasteiger partial charge on any atom is 0.130 e. The van der Waals surface area contributed by atoms with E-state index in [2.05, 4.69) is 28.2 Å². The summed E-state index contributed by atoms with van der Waals surface area (Å²) in [7, 11) is 0. The molecule has 2 aromatic rings. The fraction of sp³-hybridized carbons (Fsp3) is 0.294. The number of benzene rings is 2. The summed E-state index contributed by atoms with van der Waals surface area (Å²) in [5, 5.41) is 3.35. The number of para-hydroxylation sites is 1. The Morgan fingerprint density at radius 3 is 2.71 bits per heavy atom. The minimum atomic E-state index is -0.258. The first-order valence-electron chi connectivity index (χ1n) is 7.06. The minimum Gasteiger partial charge on any atom is -0.488 e. The Bertz CT molecular complexity index is 589. The highest BCUT2D eigenvalue weighted by Gasteiger charge is 2.06. The van der Waals surface area contributed by atoms with E-state index in [-0.39, 0.29) is 12.4 Å². The lowest BCUT2D eigenvalue weighted by Crippen LogP contribution is -2.14. The summed E-state index contributed by atoms with van der Waals surface area (Å²) in [4.78, 5) is 0. The number of ether oxygens (including phenoxy) is 1. The molecule has 112 valence electrons. The van der Waals surface area contributed by atoms with Gasteiger partial charge in [0.25, 0.3) is 0 Å². The van der Waals surface area contributed by atoms with Gasteiger partial charge in [-0.1, -0.05) is 47.1 Å². The molecule has 0 saturated heterocycles. The van der Waals surface area contributed by atoms with Crippen LogP contribution in [0, 0.1) is 5.82 Å². The van der Waals surface area contributed by atoms with E-state index in [1.54, 1.807) is 6.07 Å². The predicted molar refractivity (Wildman–Crippen MR) is 86.9 cm³/mol. The van der Waals surface area contributed by atoms with Crippen LogP contribution in [0.3, 0.4) is 0 Å². The van der Waals surface area contributed by atoms with E-state index in [0.29, 0.717) is 5.56 Å². The average Bonchev–Trinajstić information content (AvgIpc) is 2.48. The van der Waals surface area contributed by atoms with E-state index in [1.807, 2.05) is 30.3 Å². The molecule has 2 aromatic carbocycles. The SMILES string of the molecule is CCCNCc1ccccc1OCc1ccc(Br)cc1F. The third-order valence-corrected chi connectivity index (χ3v) is 3.61. The van der Waals surface area contributed by atoms with Crippen LogP contribution in [-0.4, -0.2) is 6.54 Å². The highest BCUT2D eigenvalue weighted by Crippen LogP contribution is 2.21. The monoisotopic (exact) mass is 351 g/mol. The van der Waals surface area contributed by atoms with Gasteiger partial charge in [-0.25, -0.2) is 4.39 Å². The van der Waals surface area contributed by atoms with Gasteiger partial charge >= 0.3 is 0 Å². The van der Waals surface area contributed by atoms with Crippen LogP contribution >= 0.6 is 15.9 Å². The standard InChI is InChI=1S/C17H19BrFNO/c1-2-9-20-11-13-5-3-4-6-17(13)21-12-14-7-8-15(18)10-16(14)19/h3-8,10,20H,2,9,11-12H2,1H3. The van der Waals surface area contributed by atoms with Gasteiger partial charge in [0.15, 0.2) is 0 Å². The van der Waals surface area contributed by atoms with Crippen molar-refractivity contribution >= 4 is 15.9 Å². The van der Waals surface area contributed by atoms with Crippen LogP contribution in [0.2, 0.25) is 0 Å². The van der Waals surface area contributed by atoms with Gasteiger partial charge in [0.05, 0.1) is 0 Å². The first-order chi connectivity index (χ1) is 10.2. The van der Waals surface area contributed by atoms with Crippen molar-refractivity contribution in [2.75, 3.05) is 6.54 Å². The van der Waals surface area contributed by atoms with Crippen molar-refractivity contribution in [1.29, 1.82) is 0 Å². The summed E-state index contributed by atoms with van der Waals surface area (Å²) in [5.74, 6) is 0.536. The summed E-state index contributed by atoms with van der Waals surface area (Å²) in [6.07, 6.45) is 1.09. The first-order valence-corrected chi connectivity index (χ1v) is 7.85. The van der Waals surface area contributed by atoms with Gasteiger partial charge in [0, 0.05) is 22.1 Å². The smallest absolute Gasteiger partial charge is 0.130 e. The minimum absolute atomic E-state index is 0.226. The molecule has 0 unspecified atom stereocenters. The van der Waals surface area contributed by atoms with E-state index in [9.17, 15) is 4.39 Å². The van der Waals surface area contributed by atoms with E-state index in [0.717, 1.165) is 35.3 Å². The van der Waals surface area contributed by atoms with Crippen molar-refractivity contribution in [1.82, 2.24) is 5.32 Å². The van der Waals surface area contributed by atoms with Gasteiger partial charge < -0.3 is 10.1 Å². The van der Waals surface area contributed by atoms with E-state index in [4.69, 9.17) is 4.74 Å². The zero-order valence-corrected chi connectivity index (χ0v) is 13.6. The molecule has 4 heteroatoms. The summed E-state index contributed by atoms with van der Waals surface area (Å²) < 4.78 is 20.3. The second kappa shape index (κ2) is 8.15. The highest BCUT2D eigenvalue weighted by molar-refractivity contribution is 9.10. The molecule has 0 aliphatic rings. The molecule has 0 aromatic heterocycles. The van der Waals surface area contributed by atoms with Gasteiger partial charge in [-0.15, -0.1) is 0 Å². The largest absolute Gasteiger partial charge is 0.488 e. The molecule has 1 N–H and O–H groups in total. The molecule has 2 rings (SSSR count). The zero-order valence-electron chi connectivity index (χ0n) is 12.0. The third kappa shape index (κ3) is 4.83. The Kier molecular flexibility index (Phi) is 6.21. The van der Waals surface area contributed by atoms with Crippen LogP contribution in [0.1, 0.15) is 24.5 Å². The van der Waals surface area contributed by atoms with Crippen LogP contribution in [0.15, 0.2) is 46.9 Å². The molecule has 0 heterocycles. The van der Waals surface area contributed by atoms with E-state index >= 15 is 0 Å². The first kappa shape index (κ1) is 16.0. The number of nitrogens with one attached hydrogen (secondary N) is 1. The number of hydrogen-bond acceptors (Lipinski definition) is 2. The molecule has 2 nitrogen and oxygen atoms in total. The van der Waals surface area contributed by atoms with Crippen molar-refractivity contribution < 1.29 is 9.13 Å². The van der Waals surface area contributed by atoms with Crippen molar-refractivity contribution in [3.8, 4) is 5.75 Å². The summed E-state index contributed by atoms with van der Waals surface area (Å²) in [6.45, 7) is 4.08. The van der Waals surface area contributed by atoms with Gasteiger partial charge in [-0.2, -0.15) is 0 Å². The Balaban J connectivity index is 2.02. The lowest BCUT2D eigenvalue weighted by Gasteiger charge is -2.12. The highest BCUT2D eigenvalue weighted by atomic mass is 79.9. The lowest BCUT2D eigenvalue weighted by molar-refractivity contribution is 0.296. The third-order valence-electron chi connectivity index (χ3n) is 3.11. The fourth-order valence-corrected chi connectivity index (χ4v) is 2.32. The molecule has 0 aliphatic carbocycles. The van der Waals surface area contributed by atoms with E-state index in [1.165, 1.54) is 6.07 Å².